The highest BCUT2D eigenvalue weighted by atomic mass is 32.2. The van der Waals surface area contributed by atoms with Crippen molar-refractivity contribution in [1.82, 2.24) is 4.98 Å². The van der Waals surface area contributed by atoms with Gasteiger partial charge in [0, 0.05) is 0 Å². The summed E-state index contributed by atoms with van der Waals surface area (Å²) in [4.78, 5) is 3.95. The van der Waals surface area contributed by atoms with Gasteiger partial charge in [0.05, 0.1) is 0 Å². The van der Waals surface area contributed by atoms with E-state index < -0.39 is 10.9 Å². The van der Waals surface area contributed by atoms with Crippen LogP contribution in [0.4, 0.5) is 0 Å². The van der Waals surface area contributed by atoms with E-state index in [0.717, 1.165) is 11.1 Å². The standard InChI is InChI=1S/C7H5NO.H3NO2S/c1-2-4-7-6(3-1)8-5-9-7;1-4(2)3/h1-5H;4H,(H2,1,2,3). The van der Waals surface area contributed by atoms with Crippen LogP contribution < -0.4 is 5.14 Å². The van der Waals surface area contributed by atoms with E-state index in [9.17, 15) is 0 Å². The average Bonchev–Trinajstić information content (AvgIpc) is 2.49. The molecule has 2 N–H and O–H groups in total. The molecule has 0 aliphatic heterocycles. The zero-order valence-corrected chi connectivity index (χ0v) is 7.48. The Morgan fingerprint density at radius 2 is 1.92 bits per heavy atom. The molecule has 0 fully saturated rings. The molecule has 0 saturated carbocycles. The van der Waals surface area contributed by atoms with Crippen LogP contribution in [0.3, 0.4) is 0 Å². The highest BCUT2D eigenvalue weighted by Gasteiger charge is 1.91. The van der Waals surface area contributed by atoms with E-state index >= 15 is 0 Å². The van der Waals surface area contributed by atoms with Crippen molar-refractivity contribution in [2.45, 2.75) is 0 Å². The fraction of sp³-hybridized carbons (Fsp3) is 0. The molecule has 2 rings (SSSR count). The summed E-state index contributed by atoms with van der Waals surface area (Å²) >= 11 is 0. The second-order valence-corrected chi connectivity index (χ2v) is 2.68. The molecule has 1 aromatic carbocycles. The van der Waals surface area contributed by atoms with E-state index in [1.165, 1.54) is 6.39 Å². The lowest BCUT2D eigenvalue weighted by Crippen LogP contribution is -1.85. The molecule has 0 amide bonds. The topological polar surface area (TPSA) is 86.2 Å². The molecule has 1 heterocycles. The van der Waals surface area contributed by atoms with Crippen LogP contribution in [0.25, 0.3) is 11.1 Å². The van der Waals surface area contributed by atoms with Gasteiger partial charge in [0.25, 0.3) is 0 Å². The largest absolute Gasteiger partial charge is 0.443 e. The molecule has 0 saturated heterocycles. The first kappa shape index (κ1) is 9.69. The summed E-state index contributed by atoms with van der Waals surface area (Å²) in [7, 11) is -2.62. The van der Waals surface area contributed by atoms with Gasteiger partial charge in [0.1, 0.15) is 5.52 Å². The molecule has 0 unspecified atom stereocenters. The van der Waals surface area contributed by atoms with Gasteiger partial charge in [-0.05, 0) is 12.1 Å². The van der Waals surface area contributed by atoms with Crippen LogP contribution in [0.15, 0.2) is 35.1 Å². The molecule has 0 bridgehead atoms. The maximum atomic E-state index is 8.81. The minimum absolute atomic E-state index is 0.845. The first-order chi connectivity index (χ1) is 6.20. The quantitative estimate of drug-likeness (QED) is 0.599. The number of oxazole rings is 1. The Labute approximate surface area is 76.3 Å². The molecular weight excluding hydrogens is 192 g/mol. The van der Waals surface area contributed by atoms with E-state index in [1.54, 1.807) is 0 Å². The molecule has 5 nitrogen and oxygen atoms in total. The minimum Gasteiger partial charge on any atom is -0.443 e. The summed E-state index contributed by atoms with van der Waals surface area (Å²) in [5.41, 5.74) is 1.76. The van der Waals surface area contributed by atoms with E-state index in [4.69, 9.17) is 12.8 Å². The van der Waals surface area contributed by atoms with Crippen LogP contribution in [0.1, 0.15) is 0 Å². The van der Waals surface area contributed by atoms with Crippen molar-refractivity contribution in [1.29, 1.82) is 0 Å². The maximum Gasteiger partial charge on any atom is 0.198 e. The number of rotatable bonds is 0. The molecule has 0 atom stereocenters. The summed E-state index contributed by atoms with van der Waals surface area (Å²) in [5.74, 6) is 0. The number of benzene rings is 1. The lowest BCUT2D eigenvalue weighted by atomic mass is 10.3. The van der Waals surface area contributed by atoms with Crippen molar-refractivity contribution in [2.24, 2.45) is 5.14 Å². The maximum absolute atomic E-state index is 8.81. The Morgan fingerprint density at radius 1 is 1.31 bits per heavy atom. The van der Waals surface area contributed by atoms with Gasteiger partial charge in [-0.25, -0.2) is 18.5 Å². The van der Waals surface area contributed by atoms with Crippen molar-refractivity contribution in [3.05, 3.63) is 30.7 Å². The van der Waals surface area contributed by atoms with E-state index in [1.807, 2.05) is 24.3 Å². The molecule has 13 heavy (non-hydrogen) atoms. The molecule has 2 aromatic rings. The lowest BCUT2D eigenvalue weighted by molar-refractivity contribution is 0.602. The van der Waals surface area contributed by atoms with Gasteiger partial charge < -0.3 is 4.42 Å². The highest BCUT2D eigenvalue weighted by molar-refractivity contribution is 7.69. The SMILES string of the molecule is N[SH](=O)=O.c1ccc2ocnc2c1. The third-order valence-corrected chi connectivity index (χ3v) is 1.24. The Bertz CT molecular complexity index is 411. The van der Waals surface area contributed by atoms with Gasteiger partial charge in [-0.15, -0.1) is 0 Å². The molecular formula is C7H8N2O3S. The van der Waals surface area contributed by atoms with Gasteiger partial charge in [0.15, 0.2) is 22.9 Å². The number of nitrogens with zero attached hydrogens (tertiary/aromatic N) is 1. The molecule has 6 heteroatoms. The van der Waals surface area contributed by atoms with Crippen molar-refractivity contribution in [2.75, 3.05) is 0 Å². The second kappa shape index (κ2) is 4.58. The number of nitrogens with two attached hydrogens (primary N) is 1. The summed E-state index contributed by atoms with van der Waals surface area (Å²) in [5, 5.41) is 4.06. The Balaban J connectivity index is 0.000000184. The van der Waals surface area contributed by atoms with Crippen molar-refractivity contribution in [3.8, 4) is 0 Å². The van der Waals surface area contributed by atoms with E-state index in [0.29, 0.717) is 0 Å². The summed E-state index contributed by atoms with van der Waals surface area (Å²) < 4.78 is 22.6. The summed E-state index contributed by atoms with van der Waals surface area (Å²) in [6.07, 6.45) is 1.45. The first-order valence-electron chi connectivity index (χ1n) is 3.37. The van der Waals surface area contributed by atoms with Crippen LogP contribution in [0.2, 0.25) is 0 Å². The Morgan fingerprint density at radius 3 is 2.54 bits per heavy atom. The van der Waals surface area contributed by atoms with Crippen molar-refractivity contribution >= 4 is 22.0 Å². The van der Waals surface area contributed by atoms with Crippen LogP contribution >= 0.6 is 0 Å². The monoisotopic (exact) mass is 200 g/mol. The highest BCUT2D eigenvalue weighted by Crippen LogP contribution is 2.09. The first-order valence-corrected chi connectivity index (χ1v) is 4.62. The molecule has 0 aliphatic carbocycles. The lowest BCUT2D eigenvalue weighted by Gasteiger charge is -1.79. The number of aromatic nitrogens is 1. The average molecular weight is 200 g/mol. The van der Waals surface area contributed by atoms with Crippen molar-refractivity contribution in [3.63, 3.8) is 0 Å². The second-order valence-electron chi connectivity index (χ2n) is 2.11. The van der Waals surface area contributed by atoms with Gasteiger partial charge in [-0.2, -0.15) is 0 Å². The fourth-order valence-electron chi connectivity index (χ4n) is 0.803. The predicted molar refractivity (Wildman–Crippen MR) is 48.5 cm³/mol. The van der Waals surface area contributed by atoms with Crippen LogP contribution in [-0.2, 0) is 10.9 Å². The van der Waals surface area contributed by atoms with E-state index in [-0.39, 0.29) is 0 Å². The normalized spacial score (nSPS) is 9.69. The number of para-hydroxylation sites is 2. The number of hydrogen-bond acceptors (Lipinski definition) is 4. The number of fused-ring (bicyclic) bond motifs is 1. The van der Waals surface area contributed by atoms with Gasteiger partial charge in [0.2, 0.25) is 0 Å². The Kier molecular flexibility index (Phi) is 3.41. The Hall–Kier alpha value is -1.40. The minimum atomic E-state index is -2.62. The molecule has 0 spiro atoms. The smallest absolute Gasteiger partial charge is 0.198 e. The molecule has 0 radical (unpaired) electrons. The van der Waals surface area contributed by atoms with E-state index in [2.05, 4.69) is 10.1 Å². The van der Waals surface area contributed by atoms with Crippen LogP contribution in [0.5, 0.6) is 0 Å². The number of thiol groups is 1. The van der Waals surface area contributed by atoms with Gasteiger partial charge >= 0.3 is 0 Å². The third-order valence-electron chi connectivity index (χ3n) is 1.24. The molecule has 0 aliphatic rings. The fourth-order valence-corrected chi connectivity index (χ4v) is 0.803. The molecule has 1 aromatic heterocycles. The number of hydrogen-bond donors (Lipinski definition) is 2. The van der Waals surface area contributed by atoms with Crippen molar-refractivity contribution < 1.29 is 12.8 Å². The zero-order valence-electron chi connectivity index (χ0n) is 6.58. The summed E-state index contributed by atoms with van der Waals surface area (Å²) in [6.45, 7) is 0. The predicted octanol–water partition coefficient (Wildman–Crippen LogP) is 0.299. The van der Waals surface area contributed by atoms with Crippen LogP contribution in [0, 0.1) is 0 Å². The molecule has 70 valence electrons. The van der Waals surface area contributed by atoms with Gasteiger partial charge in [-0.1, -0.05) is 12.1 Å². The zero-order chi connectivity index (χ0) is 9.68. The van der Waals surface area contributed by atoms with Gasteiger partial charge in [-0.3, -0.25) is 0 Å². The third kappa shape index (κ3) is 3.22. The van der Waals surface area contributed by atoms with Crippen LogP contribution in [-0.4, -0.2) is 13.4 Å². The summed E-state index contributed by atoms with van der Waals surface area (Å²) in [6, 6.07) is 7.67.